The maximum absolute atomic E-state index is 12.6. The molecule has 0 radical (unpaired) electrons. The standard InChI is InChI=1S/C19H21ClN2O3S2/c20-17-7-4-8-18(13-17)26-14-19(23)21-9-11-22(12-10-21)27(24,25)15-16-5-2-1-3-6-16/h1-8,13H,9-12,14-15H2. The Hall–Kier alpha value is -1.54. The quantitative estimate of drug-likeness (QED) is 0.668. The van der Waals surface area contributed by atoms with E-state index >= 15 is 0 Å². The maximum atomic E-state index is 12.6. The molecule has 0 atom stereocenters. The molecule has 0 N–H and O–H groups in total. The average molecular weight is 425 g/mol. The number of hydrogen-bond acceptors (Lipinski definition) is 4. The zero-order chi connectivity index (χ0) is 19.3. The summed E-state index contributed by atoms with van der Waals surface area (Å²) < 4.78 is 26.6. The van der Waals surface area contributed by atoms with Crippen molar-refractivity contribution in [3.05, 3.63) is 65.2 Å². The number of hydrogen-bond donors (Lipinski definition) is 0. The third-order valence-electron chi connectivity index (χ3n) is 4.34. The van der Waals surface area contributed by atoms with E-state index in [1.807, 2.05) is 48.5 Å². The highest BCUT2D eigenvalue weighted by Crippen LogP contribution is 2.22. The molecule has 0 aliphatic carbocycles. The molecule has 27 heavy (non-hydrogen) atoms. The number of sulfonamides is 1. The summed E-state index contributed by atoms with van der Waals surface area (Å²) in [6, 6.07) is 16.5. The number of halogens is 1. The largest absolute Gasteiger partial charge is 0.339 e. The lowest BCUT2D eigenvalue weighted by Crippen LogP contribution is -2.51. The predicted molar refractivity (Wildman–Crippen MR) is 109 cm³/mol. The van der Waals surface area contributed by atoms with Gasteiger partial charge in [0.05, 0.1) is 11.5 Å². The van der Waals surface area contributed by atoms with Crippen molar-refractivity contribution in [2.45, 2.75) is 10.6 Å². The zero-order valence-electron chi connectivity index (χ0n) is 14.8. The van der Waals surface area contributed by atoms with Crippen LogP contribution in [-0.4, -0.2) is 55.5 Å². The van der Waals surface area contributed by atoms with E-state index in [2.05, 4.69) is 0 Å². The van der Waals surface area contributed by atoms with Gasteiger partial charge in [0.2, 0.25) is 15.9 Å². The van der Waals surface area contributed by atoms with E-state index in [0.717, 1.165) is 10.5 Å². The third-order valence-corrected chi connectivity index (χ3v) is 7.40. The molecule has 0 bridgehead atoms. The molecule has 0 spiro atoms. The third kappa shape index (κ3) is 5.72. The number of carbonyl (C=O) groups excluding carboxylic acids is 1. The van der Waals surface area contributed by atoms with Crippen molar-refractivity contribution in [3.63, 3.8) is 0 Å². The molecule has 5 nitrogen and oxygen atoms in total. The Morgan fingerprint density at radius 3 is 2.37 bits per heavy atom. The Balaban J connectivity index is 1.50. The lowest BCUT2D eigenvalue weighted by molar-refractivity contribution is -0.129. The van der Waals surface area contributed by atoms with Gasteiger partial charge in [0, 0.05) is 36.1 Å². The minimum absolute atomic E-state index is 0.00753. The van der Waals surface area contributed by atoms with Crippen molar-refractivity contribution in [3.8, 4) is 0 Å². The van der Waals surface area contributed by atoms with Gasteiger partial charge in [-0.3, -0.25) is 4.79 Å². The minimum atomic E-state index is -3.37. The predicted octanol–water partition coefficient (Wildman–Crippen LogP) is 3.11. The van der Waals surface area contributed by atoms with Gasteiger partial charge in [0.1, 0.15) is 0 Å². The summed E-state index contributed by atoms with van der Waals surface area (Å²) in [4.78, 5) is 15.1. The SMILES string of the molecule is O=C(CSc1cccc(Cl)c1)N1CCN(S(=O)(=O)Cc2ccccc2)CC1. The number of carbonyl (C=O) groups is 1. The van der Waals surface area contributed by atoms with Gasteiger partial charge in [-0.15, -0.1) is 11.8 Å². The van der Waals surface area contributed by atoms with Gasteiger partial charge in [-0.05, 0) is 23.8 Å². The summed E-state index contributed by atoms with van der Waals surface area (Å²) in [6.45, 7) is 1.51. The molecular weight excluding hydrogens is 404 g/mol. The van der Waals surface area contributed by atoms with Gasteiger partial charge in [-0.1, -0.05) is 48.0 Å². The number of nitrogens with zero attached hydrogens (tertiary/aromatic N) is 2. The molecule has 1 aliphatic heterocycles. The first kappa shape index (κ1) is 20.2. The van der Waals surface area contributed by atoms with Crippen LogP contribution in [0.4, 0.5) is 0 Å². The van der Waals surface area contributed by atoms with Gasteiger partial charge >= 0.3 is 0 Å². The second-order valence-corrected chi connectivity index (χ2v) is 9.72. The molecule has 1 saturated heterocycles. The van der Waals surface area contributed by atoms with Crippen LogP contribution in [0.25, 0.3) is 0 Å². The summed E-state index contributed by atoms with van der Waals surface area (Å²) in [5, 5.41) is 0.643. The van der Waals surface area contributed by atoms with Gasteiger partial charge < -0.3 is 4.90 Å². The van der Waals surface area contributed by atoms with Crippen LogP contribution in [0.3, 0.4) is 0 Å². The van der Waals surface area contributed by atoms with Gasteiger partial charge in [0.25, 0.3) is 0 Å². The number of piperazine rings is 1. The first-order valence-corrected chi connectivity index (χ1v) is 11.6. The van der Waals surface area contributed by atoms with E-state index in [1.54, 1.807) is 11.0 Å². The molecule has 1 heterocycles. The molecule has 144 valence electrons. The molecule has 0 unspecified atom stereocenters. The van der Waals surface area contributed by atoms with Crippen molar-refractivity contribution >= 4 is 39.3 Å². The first-order chi connectivity index (χ1) is 12.9. The van der Waals surface area contributed by atoms with Gasteiger partial charge in [-0.2, -0.15) is 4.31 Å². The Morgan fingerprint density at radius 1 is 1.00 bits per heavy atom. The fourth-order valence-electron chi connectivity index (χ4n) is 2.88. The summed E-state index contributed by atoms with van der Waals surface area (Å²) in [5.74, 6) is 0.323. The first-order valence-electron chi connectivity index (χ1n) is 8.62. The molecule has 2 aromatic rings. The fourth-order valence-corrected chi connectivity index (χ4v) is 5.51. The number of rotatable bonds is 6. The van der Waals surface area contributed by atoms with Gasteiger partial charge in [-0.25, -0.2) is 8.42 Å². The maximum Gasteiger partial charge on any atom is 0.233 e. The molecule has 1 aliphatic rings. The molecule has 0 aromatic heterocycles. The number of thioether (sulfide) groups is 1. The fraction of sp³-hybridized carbons (Fsp3) is 0.316. The smallest absolute Gasteiger partial charge is 0.233 e. The summed E-state index contributed by atoms with van der Waals surface area (Å²) >= 11 is 7.39. The van der Waals surface area contributed by atoms with Crippen molar-refractivity contribution in [1.29, 1.82) is 0 Å². The second-order valence-electron chi connectivity index (χ2n) is 6.27. The lowest BCUT2D eigenvalue weighted by Gasteiger charge is -2.34. The van der Waals surface area contributed by atoms with Crippen LogP contribution in [-0.2, 0) is 20.6 Å². The van der Waals surface area contributed by atoms with E-state index in [4.69, 9.17) is 11.6 Å². The highest BCUT2D eigenvalue weighted by Gasteiger charge is 2.28. The molecule has 1 amide bonds. The molecular formula is C19H21ClN2O3S2. The van der Waals surface area contributed by atoms with Gasteiger partial charge in [0.15, 0.2) is 0 Å². The van der Waals surface area contributed by atoms with Crippen molar-refractivity contribution in [1.82, 2.24) is 9.21 Å². The Kier molecular flexibility index (Phi) is 6.81. The Labute approximate surface area is 169 Å². The Morgan fingerprint density at radius 2 is 1.70 bits per heavy atom. The van der Waals surface area contributed by atoms with E-state index in [0.29, 0.717) is 37.0 Å². The Bertz CT molecular complexity index is 883. The van der Waals surface area contributed by atoms with Crippen molar-refractivity contribution in [2.75, 3.05) is 31.9 Å². The summed E-state index contributed by atoms with van der Waals surface area (Å²) in [7, 11) is -3.37. The molecule has 8 heteroatoms. The minimum Gasteiger partial charge on any atom is -0.339 e. The molecule has 2 aromatic carbocycles. The van der Waals surface area contributed by atoms with E-state index in [-0.39, 0.29) is 11.7 Å². The van der Waals surface area contributed by atoms with Crippen LogP contribution in [0.5, 0.6) is 0 Å². The number of benzene rings is 2. The highest BCUT2D eigenvalue weighted by molar-refractivity contribution is 8.00. The summed E-state index contributed by atoms with van der Waals surface area (Å²) in [5.41, 5.74) is 0.772. The zero-order valence-corrected chi connectivity index (χ0v) is 17.1. The monoisotopic (exact) mass is 424 g/mol. The normalized spacial score (nSPS) is 15.7. The van der Waals surface area contributed by atoms with E-state index in [1.165, 1.54) is 16.1 Å². The average Bonchev–Trinajstić information content (AvgIpc) is 2.67. The molecule has 1 fully saturated rings. The topological polar surface area (TPSA) is 57.7 Å². The number of amides is 1. The molecule has 0 saturated carbocycles. The second kappa shape index (κ2) is 9.10. The van der Waals surface area contributed by atoms with Crippen LogP contribution in [0, 0.1) is 0 Å². The highest BCUT2D eigenvalue weighted by atomic mass is 35.5. The van der Waals surface area contributed by atoms with Crippen LogP contribution in [0.15, 0.2) is 59.5 Å². The van der Waals surface area contributed by atoms with Crippen LogP contribution < -0.4 is 0 Å². The van der Waals surface area contributed by atoms with E-state index in [9.17, 15) is 13.2 Å². The van der Waals surface area contributed by atoms with E-state index < -0.39 is 10.0 Å². The van der Waals surface area contributed by atoms with Crippen LogP contribution >= 0.6 is 23.4 Å². The summed E-state index contributed by atoms with van der Waals surface area (Å²) in [6.07, 6.45) is 0. The van der Waals surface area contributed by atoms with Crippen molar-refractivity contribution < 1.29 is 13.2 Å². The van der Waals surface area contributed by atoms with Crippen LogP contribution in [0.2, 0.25) is 5.02 Å². The van der Waals surface area contributed by atoms with Crippen molar-refractivity contribution in [2.24, 2.45) is 0 Å². The molecule has 3 rings (SSSR count). The van der Waals surface area contributed by atoms with Crippen LogP contribution in [0.1, 0.15) is 5.56 Å². The lowest BCUT2D eigenvalue weighted by atomic mass is 10.2.